The Labute approximate surface area is 149 Å². The molecular weight excluding hydrogens is 338 g/mol. The monoisotopic (exact) mass is 354 g/mol. The average molecular weight is 354 g/mol. The Hall–Kier alpha value is -3.35. The van der Waals surface area contributed by atoms with Gasteiger partial charge in [-0.2, -0.15) is 0 Å². The smallest absolute Gasteiger partial charge is 0.274 e. The summed E-state index contributed by atoms with van der Waals surface area (Å²) in [4.78, 5) is 20.7. The molecule has 0 saturated heterocycles. The number of nitrogens with one attached hydrogen (secondary N) is 2. The fraction of sp³-hybridized carbons (Fsp3) is 0.105. The molecule has 0 bridgehead atoms. The van der Waals surface area contributed by atoms with E-state index >= 15 is 0 Å². The van der Waals surface area contributed by atoms with E-state index in [1.54, 1.807) is 19.1 Å². The molecule has 0 unspecified atom stereocenters. The van der Waals surface area contributed by atoms with Gasteiger partial charge in [-0.25, -0.2) is 18.7 Å². The maximum absolute atomic E-state index is 13.8. The lowest BCUT2D eigenvalue weighted by Crippen LogP contribution is -2.15. The molecule has 0 atom stereocenters. The van der Waals surface area contributed by atoms with Crippen LogP contribution in [0.4, 0.5) is 26.1 Å². The second-order valence-corrected chi connectivity index (χ2v) is 5.79. The minimum Gasteiger partial charge on any atom is -0.322 e. The second-order valence-electron chi connectivity index (χ2n) is 5.79. The summed E-state index contributed by atoms with van der Waals surface area (Å²) in [5.74, 6) is -1.83. The quantitative estimate of drug-likeness (QED) is 0.730. The van der Waals surface area contributed by atoms with Crippen molar-refractivity contribution < 1.29 is 13.6 Å². The lowest BCUT2D eigenvalue weighted by atomic mass is 10.2. The molecule has 0 saturated carbocycles. The molecule has 3 aromatic rings. The SMILES string of the molecule is Cc1ccc(NC(=O)c2cc(C)nc(Nc3ccc(F)cc3F)n2)cc1. The van der Waals surface area contributed by atoms with Gasteiger partial charge < -0.3 is 10.6 Å². The van der Waals surface area contributed by atoms with Crippen LogP contribution in [0.5, 0.6) is 0 Å². The summed E-state index contributed by atoms with van der Waals surface area (Å²) in [6, 6.07) is 12.0. The van der Waals surface area contributed by atoms with E-state index in [2.05, 4.69) is 20.6 Å². The second kappa shape index (κ2) is 7.26. The first-order valence-electron chi connectivity index (χ1n) is 7.86. The molecule has 1 aromatic heterocycles. The van der Waals surface area contributed by atoms with Gasteiger partial charge in [-0.3, -0.25) is 4.79 Å². The van der Waals surface area contributed by atoms with E-state index in [4.69, 9.17) is 0 Å². The van der Waals surface area contributed by atoms with E-state index in [0.717, 1.165) is 17.7 Å². The van der Waals surface area contributed by atoms with Crippen molar-refractivity contribution in [1.82, 2.24) is 9.97 Å². The van der Waals surface area contributed by atoms with Crippen molar-refractivity contribution in [2.45, 2.75) is 13.8 Å². The normalized spacial score (nSPS) is 10.5. The van der Waals surface area contributed by atoms with Gasteiger partial charge in [0.1, 0.15) is 17.3 Å². The number of amides is 1. The van der Waals surface area contributed by atoms with Gasteiger partial charge in [0, 0.05) is 17.4 Å². The van der Waals surface area contributed by atoms with Gasteiger partial charge in [0.05, 0.1) is 5.69 Å². The molecular formula is C19H16F2N4O. The zero-order chi connectivity index (χ0) is 18.7. The molecule has 1 amide bonds. The Morgan fingerprint density at radius 3 is 2.38 bits per heavy atom. The number of carbonyl (C=O) groups is 1. The lowest BCUT2D eigenvalue weighted by molar-refractivity contribution is 0.102. The first-order chi connectivity index (χ1) is 12.4. The molecule has 2 aromatic carbocycles. The van der Waals surface area contributed by atoms with Crippen molar-refractivity contribution in [2.24, 2.45) is 0 Å². The minimum absolute atomic E-state index is 0.0156. The summed E-state index contributed by atoms with van der Waals surface area (Å²) < 4.78 is 26.8. The van der Waals surface area contributed by atoms with Crippen LogP contribution in [-0.4, -0.2) is 15.9 Å². The van der Waals surface area contributed by atoms with Gasteiger partial charge in [0.15, 0.2) is 0 Å². The number of hydrogen-bond acceptors (Lipinski definition) is 4. The lowest BCUT2D eigenvalue weighted by Gasteiger charge is -2.10. The largest absolute Gasteiger partial charge is 0.322 e. The summed E-state index contributed by atoms with van der Waals surface area (Å²) in [5, 5.41) is 5.40. The van der Waals surface area contributed by atoms with Crippen molar-refractivity contribution in [3.8, 4) is 0 Å². The number of aromatic nitrogens is 2. The van der Waals surface area contributed by atoms with E-state index in [-0.39, 0.29) is 17.3 Å². The number of hydrogen-bond donors (Lipinski definition) is 2. The molecule has 3 rings (SSSR count). The molecule has 26 heavy (non-hydrogen) atoms. The van der Waals surface area contributed by atoms with Crippen LogP contribution in [0.1, 0.15) is 21.7 Å². The van der Waals surface area contributed by atoms with E-state index < -0.39 is 17.5 Å². The number of rotatable bonds is 4. The number of halogens is 2. The van der Waals surface area contributed by atoms with E-state index in [1.807, 2.05) is 19.1 Å². The molecule has 1 heterocycles. The molecule has 0 aliphatic heterocycles. The highest BCUT2D eigenvalue weighted by atomic mass is 19.1. The molecule has 2 N–H and O–H groups in total. The summed E-state index contributed by atoms with van der Waals surface area (Å²) >= 11 is 0. The van der Waals surface area contributed by atoms with E-state index in [1.165, 1.54) is 12.1 Å². The average Bonchev–Trinajstić information content (AvgIpc) is 2.59. The number of carbonyl (C=O) groups excluding carboxylic acids is 1. The summed E-state index contributed by atoms with van der Waals surface area (Å²) in [6.07, 6.45) is 0. The van der Waals surface area contributed by atoms with Gasteiger partial charge in [0.2, 0.25) is 5.95 Å². The maximum atomic E-state index is 13.8. The minimum atomic E-state index is -0.777. The van der Waals surface area contributed by atoms with Crippen molar-refractivity contribution in [3.63, 3.8) is 0 Å². The number of aryl methyl sites for hydroxylation is 2. The van der Waals surface area contributed by atoms with Crippen molar-refractivity contribution >= 4 is 23.2 Å². The zero-order valence-corrected chi connectivity index (χ0v) is 14.2. The first kappa shape index (κ1) is 17.5. The third-order valence-corrected chi connectivity index (χ3v) is 3.57. The predicted molar refractivity (Wildman–Crippen MR) is 95.5 cm³/mol. The van der Waals surface area contributed by atoms with Gasteiger partial charge in [-0.1, -0.05) is 17.7 Å². The maximum Gasteiger partial charge on any atom is 0.274 e. The van der Waals surface area contributed by atoms with Crippen LogP contribution < -0.4 is 10.6 Å². The van der Waals surface area contributed by atoms with Gasteiger partial charge in [-0.05, 0) is 44.2 Å². The van der Waals surface area contributed by atoms with Crippen LogP contribution in [0.25, 0.3) is 0 Å². The van der Waals surface area contributed by atoms with Gasteiger partial charge in [-0.15, -0.1) is 0 Å². The predicted octanol–water partition coefficient (Wildman–Crippen LogP) is 4.37. The standard InChI is InChI=1S/C19H16F2N4O/c1-11-3-6-14(7-4-11)23-18(26)17-9-12(2)22-19(25-17)24-16-8-5-13(20)10-15(16)21/h3-10H,1-2H3,(H,23,26)(H,22,24,25). The molecule has 0 aliphatic carbocycles. The molecule has 7 heteroatoms. The molecule has 132 valence electrons. The fourth-order valence-electron chi connectivity index (χ4n) is 2.28. The van der Waals surface area contributed by atoms with E-state index in [0.29, 0.717) is 11.4 Å². The molecule has 5 nitrogen and oxygen atoms in total. The van der Waals surface area contributed by atoms with Crippen LogP contribution >= 0.6 is 0 Å². The van der Waals surface area contributed by atoms with Crippen molar-refractivity contribution in [1.29, 1.82) is 0 Å². The van der Waals surface area contributed by atoms with Crippen LogP contribution in [0, 0.1) is 25.5 Å². The topological polar surface area (TPSA) is 66.9 Å². The van der Waals surface area contributed by atoms with Crippen molar-refractivity contribution in [2.75, 3.05) is 10.6 Å². The summed E-state index contributed by atoms with van der Waals surface area (Å²) in [5.41, 5.74) is 2.38. The summed E-state index contributed by atoms with van der Waals surface area (Å²) in [6.45, 7) is 3.64. The molecule has 0 spiro atoms. The van der Waals surface area contributed by atoms with Gasteiger partial charge >= 0.3 is 0 Å². The zero-order valence-electron chi connectivity index (χ0n) is 14.2. The number of benzene rings is 2. The highest BCUT2D eigenvalue weighted by Gasteiger charge is 2.12. The van der Waals surface area contributed by atoms with Crippen LogP contribution in [-0.2, 0) is 0 Å². The summed E-state index contributed by atoms with van der Waals surface area (Å²) in [7, 11) is 0. The number of anilines is 3. The Morgan fingerprint density at radius 2 is 1.69 bits per heavy atom. The highest BCUT2D eigenvalue weighted by Crippen LogP contribution is 2.19. The Morgan fingerprint density at radius 1 is 0.962 bits per heavy atom. The van der Waals surface area contributed by atoms with Crippen LogP contribution in [0.3, 0.4) is 0 Å². The Balaban J connectivity index is 1.82. The van der Waals surface area contributed by atoms with E-state index in [9.17, 15) is 13.6 Å². The first-order valence-corrected chi connectivity index (χ1v) is 7.86. The third kappa shape index (κ3) is 4.18. The van der Waals surface area contributed by atoms with Crippen LogP contribution in [0.2, 0.25) is 0 Å². The highest BCUT2D eigenvalue weighted by molar-refractivity contribution is 6.03. The number of nitrogens with zero attached hydrogens (tertiary/aromatic N) is 2. The molecule has 0 radical (unpaired) electrons. The fourth-order valence-corrected chi connectivity index (χ4v) is 2.28. The third-order valence-electron chi connectivity index (χ3n) is 3.57. The van der Waals surface area contributed by atoms with Crippen LogP contribution in [0.15, 0.2) is 48.5 Å². The molecule has 0 aliphatic rings. The molecule has 0 fully saturated rings. The Bertz CT molecular complexity index is 958. The Kier molecular flexibility index (Phi) is 4.88. The van der Waals surface area contributed by atoms with Gasteiger partial charge in [0.25, 0.3) is 5.91 Å². The van der Waals surface area contributed by atoms with Crippen molar-refractivity contribution in [3.05, 3.63) is 77.1 Å².